The maximum Gasteiger partial charge on any atom is 0.0512 e. The highest BCUT2D eigenvalue weighted by Gasteiger charge is 1.91. The molecular weight excluding hydrogens is 100 g/mol. The van der Waals surface area contributed by atoms with Gasteiger partial charge >= 0.3 is 0 Å². The minimum absolute atomic E-state index is 0.144. The van der Waals surface area contributed by atoms with Crippen LogP contribution < -0.4 is 0 Å². The van der Waals surface area contributed by atoms with Crippen molar-refractivity contribution in [2.24, 2.45) is 0 Å². The Bertz CT molecular complexity index is 57.4. The summed E-state index contributed by atoms with van der Waals surface area (Å²) in [5, 5.41) is 8.74. The van der Waals surface area contributed by atoms with E-state index >= 15 is 0 Å². The maximum absolute atomic E-state index is 8.74. The lowest BCUT2D eigenvalue weighted by molar-refractivity contribution is 0.182. The molecule has 1 heteroatoms. The number of rotatable bonds is 4. The van der Waals surface area contributed by atoms with Crippen LogP contribution in [0.3, 0.4) is 0 Å². The van der Waals surface area contributed by atoms with E-state index in [0.29, 0.717) is 0 Å². The lowest BCUT2D eigenvalue weighted by atomic mass is 10.2. The average molecular weight is 114 g/mol. The molecule has 0 aliphatic heterocycles. The summed E-state index contributed by atoms with van der Waals surface area (Å²) < 4.78 is 0. The molecule has 0 radical (unpaired) electrons. The summed E-state index contributed by atoms with van der Waals surface area (Å²) in [4.78, 5) is 0. The zero-order valence-corrected chi connectivity index (χ0v) is 5.43. The van der Waals surface area contributed by atoms with Crippen LogP contribution in [-0.2, 0) is 0 Å². The van der Waals surface area contributed by atoms with Crippen LogP contribution in [0.4, 0.5) is 0 Å². The fourth-order valence-corrected chi connectivity index (χ4v) is 0.558. The second-order valence-corrected chi connectivity index (χ2v) is 2.07. The van der Waals surface area contributed by atoms with Gasteiger partial charge in [-0.1, -0.05) is 6.08 Å². The van der Waals surface area contributed by atoms with E-state index < -0.39 is 0 Å². The van der Waals surface area contributed by atoms with Gasteiger partial charge in [-0.2, -0.15) is 0 Å². The molecule has 0 saturated carbocycles. The topological polar surface area (TPSA) is 20.2 Å². The third-order valence-electron chi connectivity index (χ3n) is 1.03. The van der Waals surface area contributed by atoms with Gasteiger partial charge < -0.3 is 5.11 Å². The van der Waals surface area contributed by atoms with Crippen LogP contribution in [0.2, 0.25) is 0 Å². The van der Waals surface area contributed by atoms with Gasteiger partial charge in [-0.05, 0) is 26.2 Å². The minimum Gasteiger partial charge on any atom is -0.393 e. The predicted octanol–water partition coefficient (Wildman–Crippen LogP) is 1.72. The zero-order valence-electron chi connectivity index (χ0n) is 5.43. The molecule has 0 saturated heterocycles. The maximum atomic E-state index is 8.74. The minimum atomic E-state index is -0.144. The van der Waals surface area contributed by atoms with Crippen molar-refractivity contribution in [1.82, 2.24) is 0 Å². The molecule has 0 aliphatic rings. The molecule has 0 aliphatic carbocycles. The fraction of sp³-hybridized carbons (Fsp3) is 0.714. The lowest BCUT2D eigenvalue weighted by Crippen LogP contribution is -1.97. The second kappa shape index (κ2) is 4.85. The van der Waals surface area contributed by atoms with Gasteiger partial charge in [0.25, 0.3) is 0 Å². The van der Waals surface area contributed by atoms with Crippen molar-refractivity contribution >= 4 is 0 Å². The highest BCUT2D eigenvalue weighted by Crippen LogP contribution is 1.98. The number of hydrogen-bond donors (Lipinski definition) is 1. The Morgan fingerprint density at radius 2 is 2.38 bits per heavy atom. The van der Waals surface area contributed by atoms with E-state index in [1.54, 1.807) is 0 Å². The van der Waals surface area contributed by atoms with Gasteiger partial charge in [-0.15, -0.1) is 6.58 Å². The largest absolute Gasteiger partial charge is 0.393 e. The molecule has 0 aromatic rings. The monoisotopic (exact) mass is 114 g/mol. The van der Waals surface area contributed by atoms with Crippen molar-refractivity contribution in [2.45, 2.75) is 32.3 Å². The molecular formula is C7H14O. The Balaban J connectivity index is 2.81. The Morgan fingerprint density at radius 1 is 1.75 bits per heavy atom. The summed E-state index contributed by atoms with van der Waals surface area (Å²) in [6.07, 6.45) is 4.70. The highest BCUT2D eigenvalue weighted by atomic mass is 16.3. The van der Waals surface area contributed by atoms with Crippen LogP contribution in [0.1, 0.15) is 26.2 Å². The Labute approximate surface area is 51.0 Å². The summed E-state index contributed by atoms with van der Waals surface area (Å²) in [7, 11) is 0. The van der Waals surface area contributed by atoms with E-state index in [4.69, 9.17) is 5.11 Å². The normalized spacial score (nSPS) is 13.2. The van der Waals surface area contributed by atoms with Gasteiger partial charge in [0.1, 0.15) is 0 Å². The lowest BCUT2D eigenvalue weighted by Gasteiger charge is -1.98. The zero-order chi connectivity index (χ0) is 6.41. The smallest absolute Gasteiger partial charge is 0.0512 e. The van der Waals surface area contributed by atoms with Crippen molar-refractivity contribution in [3.05, 3.63) is 12.7 Å². The molecule has 1 N–H and O–H groups in total. The van der Waals surface area contributed by atoms with Crippen molar-refractivity contribution in [1.29, 1.82) is 0 Å². The Morgan fingerprint density at radius 3 is 2.75 bits per heavy atom. The number of aliphatic hydroxyl groups is 1. The molecule has 0 amide bonds. The SMILES string of the molecule is C=CCCC[C@H](C)O. The number of unbranched alkanes of at least 4 members (excludes halogenated alkanes) is 1. The first-order valence-electron chi connectivity index (χ1n) is 3.06. The van der Waals surface area contributed by atoms with Crippen LogP contribution in [-0.4, -0.2) is 11.2 Å². The average Bonchev–Trinajstić information content (AvgIpc) is 1.66. The summed E-state index contributed by atoms with van der Waals surface area (Å²) in [5.74, 6) is 0. The Hall–Kier alpha value is -0.300. The number of aliphatic hydroxyl groups excluding tert-OH is 1. The van der Waals surface area contributed by atoms with Crippen molar-refractivity contribution < 1.29 is 5.11 Å². The van der Waals surface area contributed by atoms with E-state index in [1.807, 2.05) is 13.0 Å². The van der Waals surface area contributed by atoms with Gasteiger partial charge in [0, 0.05) is 0 Å². The number of hydrogen-bond acceptors (Lipinski definition) is 1. The first kappa shape index (κ1) is 7.70. The van der Waals surface area contributed by atoms with E-state index in [1.165, 1.54) is 0 Å². The molecule has 0 heterocycles. The van der Waals surface area contributed by atoms with Crippen LogP contribution in [0.5, 0.6) is 0 Å². The predicted molar refractivity (Wildman–Crippen MR) is 35.7 cm³/mol. The molecule has 0 spiro atoms. The molecule has 0 rings (SSSR count). The van der Waals surface area contributed by atoms with E-state index in [9.17, 15) is 0 Å². The van der Waals surface area contributed by atoms with Gasteiger partial charge in [0.15, 0.2) is 0 Å². The molecule has 48 valence electrons. The second-order valence-electron chi connectivity index (χ2n) is 2.07. The van der Waals surface area contributed by atoms with Crippen molar-refractivity contribution in [3.63, 3.8) is 0 Å². The van der Waals surface area contributed by atoms with E-state index in [0.717, 1.165) is 19.3 Å². The summed E-state index contributed by atoms with van der Waals surface area (Å²) in [6.45, 7) is 5.38. The summed E-state index contributed by atoms with van der Waals surface area (Å²) in [5.41, 5.74) is 0. The molecule has 0 aromatic carbocycles. The van der Waals surface area contributed by atoms with Crippen LogP contribution in [0.25, 0.3) is 0 Å². The number of allylic oxidation sites excluding steroid dienone is 1. The molecule has 8 heavy (non-hydrogen) atoms. The fourth-order valence-electron chi connectivity index (χ4n) is 0.558. The molecule has 0 unspecified atom stereocenters. The van der Waals surface area contributed by atoms with Gasteiger partial charge in [-0.25, -0.2) is 0 Å². The molecule has 0 aromatic heterocycles. The molecule has 1 atom stereocenters. The molecule has 0 bridgehead atoms. The van der Waals surface area contributed by atoms with Gasteiger partial charge in [0.05, 0.1) is 6.10 Å². The van der Waals surface area contributed by atoms with E-state index in [-0.39, 0.29) is 6.10 Å². The molecule has 1 nitrogen and oxygen atoms in total. The van der Waals surface area contributed by atoms with Crippen molar-refractivity contribution in [3.8, 4) is 0 Å². The third-order valence-corrected chi connectivity index (χ3v) is 1.03. The first-order valence-corrected chi connectivity index (χ1v) is 3.06. The first-order chi connectivity index (χ1) is 3.77. The van der Waals surface area contributed by atoms with Gasteiger partial charge in [-0.3, -0.25) is 0 Å². The van der Waals surface area contributed by atoms with E-state index in [2.05, 4.69) is 6.58 Å². The standard InChI is InChI=1S/C7H14O/c1-3-4-5-6-7(2)8/h3,7-8H,1,4-6H2,2H3/t7-/m0/s1. The van der Waals surface area contributed by atoms with Crippen molar-refractivity contribution in [2.75, 3.05) is 0 Å². The van der Waals surface area contributed by atoms with Gasteiger partial charge in [0.2, 0.25) is 0 Å². The third kappa shape index (κ3) is 5.70. The summed E-state index contributed by atoms with van der Waals surface area (Å²) >= 11 is 0. The van der Waals surface area contributed by atoms with Crippen LogP contribution in [0, 0.1) is 0 Å². The molecule has 0 fully saturated rings. The highest BCUT2D eigenvalue weighted by molar-refractivity contribution is 4.66. The Kier molecular flexibility index (Phi) is 4.67. The quantitative estimate of drug-likeness (QED) is 0.436. The van der Waals surface area contributed by atoms with Crippen LogP contribution >= 0.6 is 0 Å². The summed E-state index contributed by atoms with van der Waals surface area (Å²) in [6, 6.07) is 0. The van der Waals surface area contributed by atoms with Crippen LogP contribution in [0.15, 0.2) is 12.7 Å².